The van der Waals surface area contributed by atoms with Gasteiger partial charge in [0.1, 0.15) is 18.1 Å². The van der Waals surface area contributed by atoms with E-state index in [2.05, 4.69) is 10.3 Å². The van der Waals surface area contributed by atoms with Gasteiger partial charge in [-0.2, -0.15) is 13.2 Å². The van der Waals surface area contributed by atoms with Crippen LogP contribution in [-0.2, 0) is 18.3 Å². The van der Waals surface area contributed by atoms with E-state index in [-0.39, 0.29) is 34.1 Å². The molecule has 0 unspecified atom stereocenters. The Labute approximate surface area is 216 Å². The summed E-state index contributed by atoms with van der Waals surface area (Å²) in [5.74, 6) is -1.87. The molecule has 0 bridgehead atoms. The Morgan fingerprint density at radius 3 is 2.47 bits per heavy atom. The van der Waals surface area contributed by atoms with Crippen molar-refractivity contribution in [2.24, 2.45) is 7.05 Å². The Morgan fingerprint density at radius 1 is 1.18 bits per heavy atom. The summed E-state index contributed by atoms with van der Waals surface area (Å²) >= 11 is 0. The number of carbonyl (C=O) groups is 2. The van der Waals surface area contributed by atoms with Crippen LogP contribution in [0.4, 0.5) is 17.6 Å². The van der Waals surface area contributed by atoms with E-state index < -0.39 is 37.0 Å². The van der Waals surface area contributed by atoms with Gasteiger partial charge in [0, 0.05) is 37.3 Å². The van der Waals surface area contributed by atoms with Crippen LogP contribution < -0.4 is 10.1 Å². The van der Waals surface area contributed by atoms with Gasteiger partial charge in [0.2, 0.25) is 5.91 Å². The number of carbonyl (C=O) groups excluding carboxylic acids is 2. The average molecular weight is 537 g/mol. The number of hydrogen-bond acceptors (Lipinski definition) is 5. The molecule has 1 aliphatic rings. The molecule has 2 aromatic heterocycles. The van der Waals surface area contributed by atoms with E-state index in [4.69, 9.17) is 9.84 Å². The number of rotatable bonds is 7. The minimum Gasteiger partial charge on any atom is -0.481 e. The molecule has 12 heteroatoms. The summed E-state index contributed by atoms with van der Waals surface area (Å²) < 4.78 is 60.7. The number of halogens is 4. The first-order chi connectivity index (χ1) is 18.0. The summed E-state index contributed by atoms with van der Waals surface area (Å²) in [7, 11) is 1.51. The third-order valence-corrected chi connectivity index (χ3v) is 6.61. The number of ether oxygens (including phenoxy) is 1. The summed E-state index contributed by atoms with van der Waals surface area (Å²) in [5, 5.41) is 12.0. The maximum atomic E-state index is 14.7. The second-order valence-corrected chi connectivity index (χ2v) is 9.11. The van der Waals surface area contributed by atoms with Gasteiger partial charge in [-0.3, -0.25) is 9.59 Å². The number of pyridine rings is 1. The van der Waals surface area contributed by atoms with Crippen molar-refractivity contribution in [1.29, 1.82) is 0 Å². The van der Waals surface area contributed by atoms with Gasteiger partial charge >= 0.3 is 6.18 Å². The number of aromatic nitrogens is 2. The van der Waals surface area contributed by atoms with Crippen molar-refractivity contribution in [3.63, 3.8) is 0 Å². The number of fused-ring (bicyclic) bond motifs is 1. The number of aliphatic hydroxyl groups is 1. The molecule has 204 valence electrons. The largest absolute Gasteiger partial charge is 0.481 e. The van der Waals surface area contributed by atoms with Crippen LogP contribution in [0.5, 0.6) is 5.75 Å². The fraction of sp³-hybridized carbons (Fsp3) is 0.423. The predicted octanol–water partition coefficient (Wildman–Crippen LogP) is 3.60. The van der Waals surface area contributed by atoms with Crippen molar-refractivity contribution in [2.45, 2.75) is 38.4 Å². The second-order valence-electron chi connectivity index (χ2n) is 9.11. The highest BCUT2D eigenvalue weighted by Gasteiger charge is 2.33. The molecule has 0 radical (unpaired) electrons. The number of benzene rings is 1. The van der Waals surface area contributed by atoms with Crippen LogP contribution in [0.25, 0.3) is 22.2 Å². The maximum Gasteiger partial charge on any atom is 0.422 e. The fourth-order valence-electron chi connectivity index (χ4n) is 4.71. The molecular formula is C26H28F4N4O4. The molecule has 8 nitrogen and oxygen atoms in total. The van der Waals surface area contributed by atoms with Gasteiger partial charge in [-0.25, -0.2) is 9.37 Å². The topological polar surface area (TPSA) is 96.7 Å². The molecule has 1 aliphatic heterocycles. The summed E-state index contributed by atoms with van der Waals surface area (Å²) in [4.78, 5) is 31.2. The monoisotopic (exact) mass is 536 g/mol. The van der Waals surface area contributed by atoms with Crippen molar-refractivity contribution in [3.05, 3.63) is 47.5 Å². The molecule has 3 aromatic rings. The molecule has 3 heterocycles. The van der Waals surface area contributed by atoms with E-state index in [0.717, 1.165) is 0 Å². The number of alkyl halides is 3. The van der Waals surface area contributed by atoms with E-state index in [1.54, 1.807) is 12.1 Å². The van der Waals surface area contributed by atoms with E-state index >= 15 is 0 Å². The molecule has 1 saturated heterocycles. The summed E-state index contributed by atoms with van der Waals surface area (Å²) in [6.45, 7) is 0.242. The molecule has 1 fully saturated rings. The van der Waals surface area contributed by atoms with Gasteiger partial charge in [0.15, 0.2) is 18.1 Å². The molecule has 4 rings (SSSR count). The third-order valence-electron chi connectivity index (χ3n) is 6.61. The fourth-order valence-corrected chi connectivity index (χ4v) is 4.71. The SMILES string of the molecule is CCc1nc2c(cc1-c1ccccc1F)c(OCC(F)(F)F)c(C(=O)NC1CCN(C(=O)CO)CC1)n2C. The Kier molecular flexibility index (Phi) is 7.91. The first-order valence-corrected chi connectivity index (χ1v) is 12.2. The van der Waals surface area contributed by atoms with Gasteiger partial charge in [-0.05, 0) is 31.4 Å². The second kappa shape index (κ2) is 11.0. The predicted molar refractivity (Wildman–Crippen MR) is 131 cm³/mol. The van der Waals surface area contributed by atoms with Crippen molar-refractivity contribution < 1.29 is 37.0 Å². The lowest BCUT2D eigenvalue weighted by molar-refractivity contribution is -0.153. The van der Waals surface area contributed by atoms with Crippen LogP contribution >= 0.6 is 0 Å². The Hall–Kier alpha value is -3.67. The highest BCUT2D eigenvalue weighted by molar-refractivity contribution is 6.04. The van der Waals surface area contributed by atoms with E-state index in [1.165, 1.54) is 34.7 Å². The highest BCUT2D eigenvalue weighted by Crippen LogP contribution is 2.38. The molecule has 0 atom stereocenters. The number of aryl methyl sites for hydroxylation is 2. The normalized spacial score (nSPS) is 14.7. The molecular weight excluding hydrogens is 508 g/mol. The molecule has 2 amide bonds. The van der Waals surface area contributed by atoms with Crippen LogP contribution in [0, 0.1) is 5.82 Å². The standard InChI is InChI=1S/C26H28F4N4O4/c1-3-20-17(16-6-4-5-7-19(16)27)12-18-23(38-14-26(28,29)30)22(33(2)24(18)32-20)25(37)31-15-8-10-34(11-9-15)21(36)13-35/h4-7,12,15,35H,3,8-11,13-14H2,1-2H3,(H,31,37). The van der Waals surface area contributed by atoms with E-state index in [1.807, 2.05) is 6.92 Å². The summed E-state index contributed by atoms with van der Waals surface area (Å²) in [6, 6.07) is 7.19. The minimum atomic E-state index is -4.66. The summed E-state index contributed by atoms with van der Waals surface area (Å²) in [6.07, 6.45) is -3.42. The van der Waals surface area contributed by atoms with Crippen LogP contribution in [0.2, 0.25) is 0 Å². The van der Waals surface area contributed by atoms with Gasteiger partial charge in [-0.1, -0.05) is 25.1 Å². The zero-order chi connectivity index (χ0) is 27.6. The van der Waals surface area contributed by atoms with Gasteiger partial charge in [0.25, 0.3) is 5.91 Å². The first-order valence-electron chi connectivity index (χ1n) is 12.2. The van der Waals surface area contributed by atoms with Crippen molar-refractivity contribution >= 4 is 22.8 Å². The number of piperidine rings is 1. The average Bonchev–Trinajstić information content (AvgIpc) is 3.17. The molecule has 38 heavy (non-hydrogen) atoms. The minimum absolute atomic E-state index is 0.140. The molecule has 0 spiro atoms. The van der Waals surface area contributed by atoms with Crippen molar-refractivity contribution in [3.8, 4) is 16.9 Å². The number of nitrogens with zero attached hydrogens (tertiary/aromatic N) is 3. The first kappa shape index (κ1) is 27.4. The third kappa shape index (κ3) is 5.59. The summed E-state index contributed by atoms with van der Waals surface area (Å²) in [5.41, 5.74) is 1.23. The zero-order valence-electron chi connectivity index (χ0n) is 20.9. The Balaban J connectivity index is 1.75. The number of likely N-dealkylation sites (tertiary alicyclic amines) is 1. The number of aliphatic hydroxyl groups excluding tert-OH is 1. The van der Waals surface area contributed by atoms with E-state index in [9.17, 15) is 27.2 Å². The Bertz CT molecular complexity index is 1350. The quantitative estimate of drug-likeness (QED) is 0.450. The molecule has 2 N–H and O–H groups in total. The van der Waals surface area contributed by atoms with Crippen LogP contribution in [0.15, 0.2) is 30.3 Å². The zero-order valence-corrected chi connectivity index (χ0v) is 20.9. The number of hydrogen-bond donors (Lipinski definition) is 2. The highest BCUT2D eigenvalue weighted by atomic mass is 19.4. The van der Waals surface area contributed by atoms with Crippen LogP contribution in [-0.4, -0.2) is 69.9 Å². The van der Waals surface area contributed by atoms with Crippen LogP contribution in [0.3, 0.4) is 0 Å². The lowest BCUT2D eigenvalue weighted by Gasteiger charge is -2.32. The van der Waals surface area contributed by atoms with Crippen molar-refractivity contribution in [1.82, 2.24) is 19.8 Å². The number of amides is 2. The number of nitrogens with one attached hydrogen (secondary N) is 1. The van der Waals surface area contributed by atoms with Gasteiger partial charge in [0.05, 0.1) is 11.1 Å². The smallest absolute Gasteiger partial charge is 0.422 e. The Morgan fingerprint density at radius 2 is 1.87 bits per heavy atom. The lowest BCUT2D eigenvalue weighted by Crippen LogP contribution is -2.47. The lowest BCUT2D eigenvalue weighted by atomic mass is 10.0. The maximum absolute atomic E-state index is 14.7. The van der Waals surface area contributed by atoms with Gasteiger partial charge in [-0.15, -0.1) is 0 Å². The van der Waals surface area contributed by atoms with Gasteiger partial charge < -0.3 is 24.6 Å². The van der Waals surface area contributed by atoms with E-state index in [0.29, 0.717) is 43.6 Å². The molecule has 1 aromatic carbocycles. The van der Waals surface area contributed by atoms with Crippen molar-refractivity contribution in [2.75, 3.05) is 26.3 Å². The molecule has 0 aliphatic carbocycles. The molecule has 0 saturated carbocycles. The van der Waals surface area contributed by atoms with Crippen LogP contribution in [0.1, 0.15) is 35.9 Å².